The number of fused-ring (bicyclic) bond motifs is 4. The number of benzene rings is 4. The highest BCUT2D eigenvalue weighted by Crippen LogP contribution is 2.41. The van der Waals surface area contributed by atoms with E-state index in [0.717, 1.165) is 9.80 Å². The number of ether oxygens (including phenoxy) is 4. The summed E-state index contributed by atoms with van der Waals surface area (Å²) in [5.41, 5.74) is 3.36. The fourth-order valence-corrected chi connectivity index (χ4v) is 15.9. The lowest BCUT2D eigenvalue weighted by atomic mass is 9.83. The molecular formula is C83H106N10O24. The maximum Gasteiger partial charge on any atom is 0.347 e. The summed E-state index contributed by atoms with van der Waals surface area (Å²) in [4.78, 5) is 232. The largest absolute Gasteiger partial charge is 0.507 e. The predicted octanol–water partition coefficient (Wildman–Crippen LogP) is 5.48. The molecule has 9 rings (SSSR count). The molecule has 3 heterocycles. The number of anilines is 1. The first-order chi connectivity index (χ1) is 54.7. The Balaban J connectivity index is 0.000000533. The zero-order valence-corrected chi connectivity index (χ0v) is 69.5. The molecule has 0 radical (unpaired) electrons. The number of rotatable bonds is 13. The van der Waals surface area contributed by atoms with Crippen molar-refractivity contribution < 1.29 is 111 Å². The molecule has 34 heteroatoms. The van der Waals surface area contributed by atoms with E-state index in [2.05, 4.69) is 21.3 Å². The first-order valence-corrected chi connectivity index (χ1v) is 38.8. The van der Waals surface area contributed by atoms with E-state index in [4.69, 9.17) is 34.1 Å². The van der Waals surface area contributed by atoms with Crippen LogP contribution in [0, 0.1) is 82.0 Å². The molecule has 632 valence electrons. The molecule has 0 bridgehead atoms. The molecule has 3 aliphatic heterocycles. The molecule has 34 nitrogen and oxygen atoms in total. The van der Waals surface area contributed by atoms with Crippen molar-refractivity contribution in [2.75, 3.05) is 54.1 Å². The van der Waals surface area contributed by atoms with E-state index >= 15 is 9.59 Å². The second-order valence-electron chi connectivity index (χ2n) is 32.1. The lowest BCUT2D eigenvalue weighted by Crippen LogP contribution is -2.59. The Kier molecular flexibility index (Phi) is 28.6. The van der Waals surface area contributed by atoms with Crippen molar-refractivity contribution >= 4 is 106 Å². The SMILES string of the molecule is COc1cc(C)c(C(=O)Oc2cc(C)c(O)c(C(=O)O)c2C)c(O)c1C=O.Cc1c2oc3c(C)ccc(C(=O)NC4C(=O)NC(C(C)C)C(=O)C5CCCC5C(=O)N(C)CC(=O)N(C)C(C(C)C)C(=O)OC4C)c3nc-2c(C(=O)NC2C(=O)NC(C(C)C)C(=O)C3CCCC3C(=O)N(C)CC(=O)N(C)C(C(C)C)C(=O)OC2C)c(N)c1=O. The molecule has 12 atom stereocenters. The van der Waals surface area contributed by atoms with Crippen molar-refractivity contribution in [1.82, 2.24) is 45.9 Å². The summed E-state index contributed by atoms with van der Waals surface area (Å²) in [6, 6.07) is -3.00. The first-order valence-electron chi connectivity index (χ1n) is 38.8. The molecule has 2 saturated heterocycles. The number of esters is 3. The van der Waals surface area contributed by atoms with Crippen LogP contribution in [0.1, 0.15) is 187 Å². The molecule has 3 aromatic rings. The van der Waals surface area contributed by atoms with E-state index in [-0.39, 0.29) is 73.0 Å². The number of nitrogen functional groups attached to an aromatic ring is 1. The summed E-state index contributed by atoms with van der Waals surface area (Å²) in [6.45, 7) is 22.6. The smallest absolute Gasteiger partial charge is 0.347 e. The maximum atomic E-state index is 15.2. The number of methoxy groups -OCH3 is 1. The van der Waals surface area contributed by atoms with Crippen LogP contribution in [0.5, 0.6) is 23.0 Å². The summed E-state index contributed by atoms with van der Waals surface area (Å²) in [7, 11) is 6.98. The Hall–Kier alpha value is -11.9. The van der Waals surface area contributed by atoms with Gasteiger partial charge in [0.2, 0.25) is 40.9 Å². The number of nitrogens with one attached hydrogen (secondary N) is 4. The van der Waals surface area contributed by atoms with Gasteiger partial charge in [-0.25, -0.2) is 24.2 Å². The van der Waals surface area contributed by atoms with Gasteiger partial charge < -0.3 is 85.3 Å². The number of hydrogen-bond donors (Lipinski definition) is 8. The summed E-state index contributed by atoms with van der Waals surface area (Å²) in [6.07, 6.45) is -0.304. The van der Waals surface area contributed by atoms with Crippen LogP contribution in [0.2, 0.25) is 0 Å². The van der Waals surface area contributed by atoms with Gasteiger partial charge in [-0.2, -0.15) is 0 Å². The van der Waals surface area contributed by atoms with E-state index in [0.29, 0.717) is 55.9 Å². The van der Waals surface area contributed by atoms with Gasteiger partial charge in [0.15, 0.2) is 29.2 Å². The highest BCUT2D eigenvalue weighted by atomic mass is 16.6. The third-order valence-corrected chi connectivity index (χ3v) is 22.5. The Morgan fingerprint density at radius 3 is 1.49 bits per heavy atom. The normalized spacial score (nSPS) is 23.8. The topological polar surface area (TPSA) is 484 Å². The molecular weight excluding hydrogens is 1520 g/mol. The Bertz CT molecular complexity index is 4870. The lowest BCUT2D eigenvalue weighted by Gasteiger charge is -2.35. The highest BCUT2D eigenvalue weighted by molar-refractivity contribution is 6.11. The van der Waals surface area contributed by atoms with Gasteiger partial charge in [-0.05, 0) is 133 Å². The molecule has 2 saturated carbocycles. The molecule has 3 aliphatic carbocycles. The van der Waals surface area contributed by atoms with Crippen LogP contribution in [0.3, 0.4) is 0 Å². The maximum absolute atomic E-state index is 15.2. The summed E-state index contributed by atoms with van der Waals surface area (Å²) in [5.74, 6) is -18.3. The Morgan fingerprint density at radius 1 is 0.598 bits per heavy atom. The van der Waals surface area contributed by atoms with Crippen LogP contribution in [-0.2, 0) is 57.4 Å². The molecule has 3 aromatic carbocycles. The number of aromatic hydroxyl groups is 2. The van der Waals surface area contributed by atoms with Crippen molar-refractivity contribution in [3.05, 3.63) is 90.1 Å². The summed E-state index contributed by atoms with van der Waals surface area (Å²) >= 11 is 0. The zero-order valence-electron chi connectivity index (χ0n) is 69.5. The average Bonchev–Trinajstić information content (AvgIpc) is 1.33. The number of cyclic esters (lactones) is 2. The number of aryl methyl sites for hydroxylation is 3. The van der Waals surface area contributed by atoms with E-state index in [1.807, 2.05) is 0 Å². The van der Waals surface area contributed by atoms with Crippen LogP contribution >= 0.6 is 0 Å². The third-order valence-electron chi connectivity index (χ3n) is 22.5. The van der Waals surface area contributed by atoms with Gasteiger partial charge in [0.05, 0.1) is 54.7 Å². The standard InChI is InChI=1S/C64H88N10O16.C19H18O8/c1-27(2)44-53(78)35-19-17-21-37(35)61(84)71(13)25-40(75)73(15)50(29(5)6)63(86)88-33(11)46(59(82)67-44)69-57(80)39-24-23-31(9)55-48(39)66-49-42(43(65)52(77)32(10)56(49)90-55)58(81)70-47-34(12)89-64(87)51(30(7)8)74(16)41(76)26-72(14)62(85)38-22-18-20-36(38)54(79)45(28(3)4)68-60(47)83;1-8-5-13(26-4)11(7-20)17(22)14(8)19(25)27-12-6-9(2)16(21)15(10(12)3)18(23)24/h23-24,27-30,33-38,44-47,50-51H,17-22,25-26,65H2,1-16H3,(H,67,82)(H,68,83)(H,69,80)(H,70,81);5-7,21-22H,1-4H3,(H,23,24). The second-order valence-corrected chi connectivity index (χ2v) is 32.1. The molecule has 0 spiro atoms. The van der Waals surface area contributed by atoms with Gasteiger partial charge in [-0.15, -0.1) is 0 Å². The van der Waals surface area contributed by atoms with Crippen molar-refractivity contribution in [3.8, 4) is 34.5 Å². The molecule has 12 unspecified atom stereocenters. The number of ketones is 2. The van der Waals surface area contributed by atoms with Crippen LogP contribution < -0.4 is 41.9 Å². The van der Waals surface area contributed by atoms with Gasteiger partial charge in [0, 0.05) is 63.0 Å². The molecule has 6 aliphatic rings. The number of hydrogen-bond acceptors (Lipinski definition) is 25. The van der Waals surface area contributed by atoms with Gasteiger partial charge >= 0.3 is 23.9 Å². The van der Waals surface area contributed by atoms with Crippen molar-refractivity contribution in [2.24, 2.45) is 47.3 Å². The number of nitrogens with two attached hydrogens (primary N) is 1. The second kappa shape index (κ2) is 36.9. The van der Waals surface area contributed by atoms with Gasteiger partial charge in [0.1, 0.15) is 81.7 Å². The number of aldehydes is 1. The number of carboxylic acids is 1. The Morgan fingerprint density at radius 2 is 1.05 bits per heavy atom. The minimum absolute atomic E-state index is 0.0419. The number of carbonyl (C=O) groups excluding carboxylic acids is 14. The van der Waals surface area contributed by atoms with Crippen LogP contribution in [-0.4, -0.2) is 226 Å². The number of likely N-dealkylation sites (N-methyl/N-ethyl adjacent to an activating group) is 4. The van der Waals surface area contributed by atoms with Crippen molar-refractivity contribution in [3.63, 3.8) is 0 Å². The first kappa shape index (κ1) is 90.7. The number of aromatic carboxylic acids is 1. The third kappa shape index (κ3) is 18.7. The van der Waals surface area contributed by atoms with E-state index in [9.17, 15) is 82.4 Å². The number of carboxylic acid groups (broad SMARTS) is 1. The van der Waals surface area contributed by atoms with Crippen LogP contribution in [0.25, 0.3) is 22.6 Å². The monoisotopic (exact) mass is 1630 g/mol. The molecule has 117 heavy (non-hydrogen) atoms. The number of nitrogens with zero attached hydrogens (tertiary/aromatic N) is 5. The minimum atomic E-state index is -1.86. The molecule has 8 amide bonds. The number of Topliss-reactive ketones (excluding diaryl/α,β-unsaturated/α-hetero) is 2. The molecule has 4 fully saturated rings. The minimum Gasteiger partial charge on any atom is -0.507 e. The van der Waals surface area contributed by atoms with Crippen molar-refractivity contribution in [2.45, 2.75) is 191 Å². The highest BCUT2D eigenvalue weighted by Gasteiger charge is 2.48. The van der Waals surface area contributed by atoms with Gasteiger partial charge in [-0.3, -0.25) is 57.5 Å². The molecule has 9 N–H and O–H groups in total. The van der Waals surface area contributed by atoms with E-state index in [1.54, 1.807) is 62.3 Å². The molecule has 0 aromatic heterocycles. The number of phenolic OH excluding ortho intramolecular Hbond substituents is 1. The number of phenols is 2. The number of amides is 8. The van der Waals surface area contributed by atoms with Gasteiger partial charge in [-0.1, -0.05) is 74.3 Å². The zero-order chi connectivity index (χ0) is 87.4. The average molecular weight is 1630 g/mol. The number of aromatic nitrogens is 1. The Labute approximate surface area is 676 Å². The fraction of sp³-hybridized carbons (Fsp3) is 0.530. The van der Waals surface area contributed by atoms with Gasteiger partial charge in [0.25, 0.3) is 11.8 Å². The van der Waals surface area contributed by atoms with E-state index < -0.39 is 220 Å². The van der Waals surface area contributed by atoms with Crippen molar-refractivity contribution in [1.29, 1.82) is 0 Å². The fourth-order valence-electron chi connectivity index (χ4n) is 15.9. The van der Waals surface area contributed by atoms with Crippen LogP contribution in [0.4, 0.5) is 5.69 Å². The van der Waals surface area contributed by atoms with E-state index in [1.165, 1.54) is 111 Å². The van der Waals surface area contributed by atoms with Crippen LogP contribution in [0.15, 0.2) is 33.5 Å². The summed E-state index contributed by atoms with van der Waals surface area (Å²) < 4.78 is 28.6. The predicted molar refractivity (Wildman–Crippen MR) is 422 cm³/mol. The lowest BCUT2D eigenvalue weighted by molar-refractivity contribution is -0.163. The number of carbonyl (C=O) groups is 15. The summed E-state index contributed by atoms with van der Waals surface area (Å²) in [5, 5.41) is 40.3. The quantitative estimate of drug-likeness (QED) is 0.0238.